The van der Waals surface area contributed by atoms with Gasteiger partial charge in [0.15, 0.2) is 11.5 Å². The third kappa shape index (κ3) is 6.28. The highest BCUT2D eigenvalue weighted by molar-refractivity contribution is 5.85. The van der Waals surface area contributed by atoms with Gasteiger partial charge in [-0.2, -0.15) is 0 Å². The molecule has 1 amide bonds. The molecule has 3 atom stereocenters. The summed E-state index contributed by atoms with van der Waals surface area (Å²) in [6, 6.07) is 5.43. The maximum absolute atomic E-state index is 12.1. The number of nitrogens with one attached hydrogen (secondary N) is 1. The van der Waals surface area contributed by atoms with Crippen molar-refractivity contribution < 1.29 is 14.3 Å². The molecule has 0 bridgehead atoms. The molecule has 0 saturated carbocycles. The first kappa shape index (κ1) is 21.5. The lowest BCUT2D eigenvalue weighted by Crippen LogP contribution is -2.39. The second-order valence-corrected chi connectivity index (χ2v) is 5.45. The molecule has 3 N–H and O–H groups in total. The van der Waals surface area contributed by atoms with E-state index in [0.29, 0.717) is 19.0 Å². The van der Waals surface area contributed by atoms with Crippen LogP contribution in [0.2, 0.25) is 0 Å². The first-order chi connectivity index (χ1) is 10.4. The highest BCUT2D eigenvalue weighted by atomic mass is 35.5. The van der Waals surface area contributed by atoms with Crippen molar-refractivity contribution in [2.75, 3.05) is 13.2 Å². The maximum Gasteiger partial charge on any atom is 0.224 e. The molecule has 0 aliphatic carbocycles. The third-order valence-corrected chi connectivity index (χ3v) is 3.63. The van der Waals surface area contributed by atoms with Gasteiger partial charge in [-0.25, -0.2) is 0 Å². The average Bonchev–Trinajstić information content (AvgIpc) is 2.48. The number of nitrogens with two attached hydrogens (primary N) is 1. The van der Waals surface area contributed by atoms with Gasteiger partial charge < -0.3 is 20.5 Å². The van der Waals surface area contributed by atoms with E-state index in [9.17, 15) is 4.79 Å². The minimum atomic E-state index is -0.225. The van der Waals surface area contributed by atoms with Gasteiger partial charge in [0.2, 0.25) is 5.91 Å². The minimum absolute atomic E-state index is 0. The molecule has 0 aromatic heterocycles. The molecular formula is C17H29ClN2O3. The van der Waals surface area contributed by atoms with Crippen LogP contribution >= 0.6 is 12.4 Å². The Balaban J connectivity index is 0.00000484. The van der Waals surface area contributed by atoms with Crippen LogP contribution in [0.5, 0.6) is 11.5 Å². The Hall–Kier alpha value is -1.46. The molecule has 1 aromatic rings. The van der Waals surface area contributed by atoms with Crippen LogP contribution in [0, 0.1) is 5.92 Å². The lowest BCUT2D eigenvalue weighted by Gasteiger charge is -2.21. The number of benzene rings is 1. The summed E-state index contributed by atoms with van der Waals surface area (Å²) in [6.45, 7) is 10.6. The Morgan fingerprint density at radius 2 is 1.70 bits per heavy atom. The summed E-state index contributed by atoms with van der Waals surface area (Å²) in [7, 11) is 0. The molecule has 0 radical (unpaired) electrons. The Kier molecular flexibility index (Phi) is 9.68. The van der Waals surface area contributed by atoms with E-state index in [-0.39, 0.29) is 36.3 Å². The van der Waals surface area contributed by atoms with Crippen molar-refractivity contribution in [1.29, 1.82) is 0 Å². The second-order valence-electron chi connectivity index (χ2n) is 5.45. The number of carbonyl (C=O) groups excluding carboxylic acids is 1. The van der Waals surface area contributed by atoms with Crippen molar-refractivity contribution in [2.45, 2.75) is 46.7 Å². The number of hydrogen-bond donors (Lipinski definition) is 2. The highest BCUT2D eigenvalue weighted by Gasteiger charge is 2.20. The zero-order valence-electron chi connectivity index (χ0n) is 14.6. The first-order valence-electron chi connectivity index (χ1n) is 7.86. The topological polar surface area (TPSA) is 73.6 Å². The summed E-state index contributed by atoms with van der Waals surface area (Å²) in [5.41, 5.74) is 6.74. The summed E-state index contributed by atoms with van der Waals surface area (Å²) in [6.07, 6.45) is 0. The molecule has 0 aliphatic heterocycles. The molecule has 1 rings (SSSR count). The van der Waals surface area contributed by atoms with E-state index in [4.69, 9.17) is 15.2 Å². The molecule has 0 fully saturated rings. The lowest BCUT2D eigenvalue weighted by atomic mass is 10.0. The van der Waals surface area contributed by atoms with E-state index in [0.717, 1.165) is 11.3 Å². The summed E-state index contributed by atoms with van der Waals surface area (Å²) in [5.74, 6) is 1.14. The summed E-state index contributed by atoms with van der Waals surface area (Å²) in [4.78, 5) is 12.1. The normalized spacial score (nSPS) is 14.2. The van der Waals surface area contributed by atoms with E-state index in [2.05, 4.69) is 5.32 Å². The summed E-state index contributed by atoms with van der Waals surface area (Å²) < 4.78 is 11.2. The van der Waals surface area contributed by atoms with Gasteiger partial charge in [-0.3, -0.25) is 4.79 Å². The molecule has 23 heavy (non-hydrogen) atoms. The molecule has 0 spiro atoms. The molecule has 6 heteroatoms. The standard InChI is InChI=1S/C17H28N2O3.ClH/c1-6-21-15-9-8-14(10-16(15)22-7-2)13(5)19-17(20)11(3)12(4)18;/h8-13H,6-7,18H2,1-5H3,(H,19,20);1H. The average molecular weight is 345 g/mol. The number of ether oxygens (including phenoxy) is 2. The van der Waals surface area contributed by atoms with E-state index >= 15 is 0 Å². The van der Waals surface area contributed by atoms with Gasteiger partial charge in [-0.05, 0) is 45.4 Å². The fourth-order valence-corrected chi connectivity index (χ4v) is 2.00. The maximum atomic E-state index is 12.1. The molecule has 1 aromatic carbocycles. The summed E-state index contributed by atoms with van der Waals surface area (Å²) in [5, 5.41) is 2.98. The third-order valence-electron chi connectivity index (χ3n) is 3.63. The molecule has 3 unspecified atom stereocenters. The quantitative estimate of drug-likeness (QED) is 0.760. The predicted molar refractivity (Wildman–Crippen MR) is 95.4 cm³/mol. The first-order valence-corrected chi connectivity index (χ1v) is 7.86. The van der Waals surface area contributed by atoms with Crippen molar-refractivity contribution >= 4 is 18.3 Å². The van der Waals surface area contributed by atoms with Gasteiger partial charge in [0.05, 0.1) is 19.3 Å². The number of hydrogen-bond acceptors (Lipinski definition) is 4. The molecule has 5 nitrogen and oxygen atoms in total. The Morgan fingerprint density at radius 1 is 1.13 bits per heavy atom. The zero-order chi connectivity index (χ0) is 16.7. The van der Waals surface area contributed by atoms with Gasteiger partial charge >= 0.3 is 0 Å². The smallest absolute Gasteiger partial charge is 0.224 e. The van der Waals surface area contributed by atoms with Crippen molar-refractivity contribution in [1.82, 2.24) is 5.32 Å². The Bertz CT molecular complexity index is 495. The molecule has 0 aliphatic rings. The van der Waals surface area contributed by atoms with Crippen LogP contribution in [0.4, 0.5) is 0 Å². The number of carbonyl (C=O) groups is 1. The molecular weight excluding hydrogens is 316 g/mol. The SMILES string of the molecule is CCOc1ccc(C(C)NC(=O)C(C)C(C)N)cc1OCC.Cl. The number of halogens is 1. The van der Waals surface area contributed by atoms with E-state index in [1.807, 2.05) is 52.8 Å². The van der Waals surface area contributed by atoms with Gasteiger partial charge in [0.1, 0.15) is 0 Å². The molecule has 132 valence electrons. The summed E-state index contributed by atoms with van der Waals surface area (Å²) >= 11 is 0. The van der Waals surface area contributed by atoms with E-state index in [1.54, 1.807) is 0 Å². The van der Waals surface area contributed by atoms with Crippen LogP contribution in [0.1, 0.15) is 46.2 Å². The second kappa shape index (κ2) is 10.3. The van der Waals surface area contributed by atoms with Crippen LogP contribution in [-0.4, -0.2) is 25.2 Å². The van der Waals surface area contributed by atoms with Crippen LogP contribution in [0.3, 0.4) is 0 Å². The van der Waals surface area contributed by atoms with Crippen molar-refractivity contribution in [2.24, 2.45) is 11.7 Å². The van der Waals surface area contributed by atoms with E-state index < -0.39 is 0 Å². The van der Waals surface area contributed by atoms with Crippen LogP contribution in [0.15, 0.2) is 18.2 Å². The fraction of sp³-hybridized carbons (Fsp3) is 0.588. The highest BCUT2D eigenvalue weighted by Crippen LogP contribution is 2.30. The van der Waals surface area contributed by atoms with Crippen LogP contribution in [-0.2, 0) is 4.79 Å². The van der Waals surface area contributed by atoms with E-state index in [1.165, 1.54) is 0 Å². The number of rotatable bonds is 8. The van der Waals surface area contributed by atoms with Gasteiger partial charge in [-0.15, -0.1) is 12.4 Å². The fourth-order valence-electron chi connectivity index (χ4n) is 2.00. The van der Waals surface area contributed by atoms with Crippen LogP contribution < -0.4 is 20.5 Å². The molecule has 0 saturated heterocycles. The number of amides is 1. The van der Waals surface area contributed by atoms with Gasteiger partial charge in [0, 0.05) is 12.0 Å². The monoisotopic (exact) mass is 344 g/mol. The predicted octanol–water partition coefficient (Wildman–Crippen LogP) is 3.07. The zero-order valence-corrected chi connectivity index (χ0v) is 15.4. The van der Waals surface area contributed by atoms with Crippen molar-refractivity contribution in [3.05, 3.63) is 23.8 Å². The Morgan fingerprint density at radius 3 is 2.22 bits per heavy atom. The molecule has 0 heterocycles. The minimum Gasteiger partial charge on any atom is -0.490 e. The van der Waals surface area contributed by atoms with Crippen LogP contribution in [0.25, 0.3) is 0 Å². The van der Waals surface area contributed by atoms with Gasteiger partial charge in [0.25, 0.3) is 0 Å². The van der Waals surface area contributed by atoms with Crippen molar-refractivity contribution in [3.8, 4) is 11.5 Å². The van der Waals surface area contributed by atoms with Gasteiger partial charge in [-0.1, -0.05) is 13.0 Å². The largest absolute Gasteiger partial charge is 0.490 e. The van der Waals surface area contributed by atoms with Crippen molar-refractivity contribution in [3.63, 3.8) is 0 Å². The Labute approximate surface area is 145 Å². The lowest BCUT2D eigenvalue weighted by molar-refractivity contribution is -0.125.